The SMILES string of the molecule is CC(=O)Nc1ccc2c(c1)OCc1cc(-c3ccc(C(=O)N4CCOCC4)cc3)nn1C2. The minimum atomic E-state index is -0.117. The van der Waals surface area contributed by atoms with Crippen LogP contribution in [0, 0.1) is 0 Å². The van der Waals surface area contributed by atoms with Gasteiger partial charge in [-0.3, -0.25) is 14.3 Å². The molecule has 5 rings (SSSR count). The number of nitrogens with one attached hydrogen (secondary N) is 1. The number of ether oxygens (including phenoxy) is 2. The van der Waals surface area contributed by atoms with E-state index in [9.17, 15) is 9.59 Å². The van der Waals surface area contributed by atoms with Crippen LogP contribution in [-0.2, 0) is 22.7 Å². The third-order valence-electron chi connectivity index (χ3n) is 5.67. The van der Waals surface area contributed by atoms with Crippen LogP contribution in [0.15, 0.2) is 48.5 Å². The van der Waals surface area contributed by atoms with Gasteiger partial charge < -0.3 is 19.7 Å². The van der Waals surface area contributed by atoms with E-state index in [4.69, 9.17) is 14.6 Å². The van der Waals surface area contributed by atoms with Crippen molar-refractivity contribution >= 4 is 17.5 Å². The molecule has 1 N–H and O–H groups in total. The molecule has 0 unspecified atom stereocenters. The molecule has 1 fully saturated rings. The Kier molecular flexibility index (Phi) is 5.36. The van der Waals surface area contributed by atoms with E-state index in [0.29, 0.717) is 50.7 Å². The van der Waals surface area contributed by atoms with Crippen LogP contribution in [0.3, 0.4) is 0 Å². The highest BCUT2D eigenvalue weighted by Gasteiger charge is 2.20. The van der Waals surface area contributed by atoms with Crippen LogP contribution in [-0.4, -0.2) is 52.8 Å². The zero-order valence-corrected chi connectivity index (χ0v) is 17.8. The van der Waals surface area contributed by atoms with Crippen LogP contribution in [0.2, 0.25) is 0 Å². The van der Waals surface area contributed by atoms with Crippen LogP contribution in [0.4, 0.5) is 5.69 Å². The Balaban J connectivity index is 1.33. The zero-order valence-electron chi connectivity index (χ0n) is 17.8. The van der Waals surface area contributed by atoms with Gasteiger partial charge in [0.2, 0.25) is 5.91 Å². The van der Waals surface area contributed by atoms with Crippen LogP contribution < -0.4 is 10.1 Å². The first-order valence-electron chi connectivity index (χ1n) is 10.6. The van der Waals surface area contributed by atoms with E-state index in [1.807, 2.05) is 58.1 Å². The quantitative estimate of drug-likeness (QED) is 0.688. The van der Waals surface area contributed by atoms with Crippen LogP contribution in [0.5, 0.6) is 5.75 Å². The molecular formula is C24H24N4O4. The summed E-state index contributed by atoms with van der Waals surface area (Å²) in [6.45, 7) is 4.88. The first-order chi connectivity index (χ1) is 15.6. The number of hydrogen-bond donors (Lipinski definition) is 1. The predicted octanol–water partition coefficient (Wildman–Crippen LogP) is 2.92. The molecule has 8 nitrogen and oxygen atoms in total. The van der Waals surface area contributed by atoms with Gasteiger partial charge in [-0.2, -0.15) is 5.10 Å². The number of carbonyl (C=O) groups excluding carboxylic acids is 2. The summed E-state index contributed by atoms with van der Waals surface area (Å²) in [6, 6.07) is 15.2. The van der Waals surface area contributed by atoms with Gasteiger partial charge in [-0.15, -0.1) is 0 Å². The molecule has 164 valence electrons. The van der Waals surface area contributed by atoms with Crippen molar-refractivity contribution in [3.05, 3.63) is 65.4 Å². The second-order valence-corrected chi connectivity index (χ2v) is 7.95. The van der Waals surface area contributed by atoms with E-state index in [1.54, 1.807) is 0 Å². The molecule has 2 aromatic carbocycles. The number of hydrogen-bond acceptors (Lipinski definition) is 5. The maximum absolute atomic E-state index is 12.7. The normalized spacial score (nSPS) is 15.2. The fourth-order valence-electron chi connectivity index (χ4n) is 4.00. The summed E-state index contributed by atoms with van der Waals surface area (Å²) in [5.41, 5.74) is 5.13. The summed E-state index contributed by atoms with van der Waals surface area (Å²) < 4.78 is 13.3. The smallest absolute Gasteiger partial charge is 0.254 e. The molecule has 3 aromatic rings. The van der Waals surface area contributed by atoms with E-state index in [-0.39, 0.29) is 11.8 Å². The second-order valence-electron chi connectivity index (χ2n) is 7.95. The van der Waals surface area contributed by atoms with Gasteiger partial charge >= 0.3 is 0 Å². The molecule has 1 saturated heterocycles. The van der Waals surface area contributed by atoms with Gasteiger partial charge in [0, 0.05) is 48.5 Å². The maximum Gasteiger partial charge on any atom is 0.254 e. The lowest BCUT2D eigenvalue weighted by molar-refractivity contribution is -0.114. The summed E-state index contributed by atoms with van der Waals surface area (Å²) in [7, 11) is 0. The summed E-state index contributed by atoms with van der Waals surface area (Å²) >= 11 is 0. The van der Waals surface area contributed by atoms with Gasteiger partial charge in [0.05, 0.1) is 31.1 Å². The fraction of sp³-hybridized carbons (Fsp3) is 0.292. The van der Waals surface area contributed by atoms with Crippen molar-refractivity contribution in [3.63, 3.8) is 0 Å². The number of nitrogens with zero attached hydrogens (tertiary/aromatic N) is 3. The van der Waals surface area contributed by atoms with Gasteiger partial charge in [-0.25, -0.2) is 0 Å². The summed E-state index contributed by atoms with van der Waals surface area (Å²) in [6.07, 6.45) is 0. The van der Waals surface area contributed by atoms with Gasteiger partial charge in [-0.05, 0) is 24.3 Å². The molecule has 8 heteroatoms. The lowest BCUT2D eigenvalue weighted by atomic mass is 10.1. The van der Waals surface area contributed by atoms with Crippen molar-refractivity contribution in [2.24, 2.45) is 0 Å². The number of benzene rings is 2. The fourth-order valence-corrected chi connectivity index (χ4v) is 4.00. The second kappa shape index (κ2) is 8.47. The third-order valence-corrected chi connectivity index (χ3v) is 5.67. The Morgan fingerprint density at radius 3 is 2.56 bits per heavy atom. The highest BCUT2D eigenvalue weighted by molar-refractivity contribution is 5.94. The summed E-state index contributed by atoms with van der Waals surface area (Å²) in [4.78, 5) is 25.8. The molecule has 0 saturated carbocycles. The molecule has 3 heterocycles. The van der Waals surface area contributed by atoms with Crippen LogP contribution in [0.25, 0.3) is 11.3 Å². The number of carbonyl (C=O) groups is 2. The first-order valence-corrected chi connectivity index (χ1v) is 10.6. The number of amides is 2. The Labute approximate surface area is 185 Å². The van der Waals surface area contributed by atoms with E-state index in [0.717, 1.165) is 28.3 Å². The zero-order chi connectivity index (χ0) is 22.1. The molecule has 0 bridgehead atoms. The average Bonchev–Trinajstić information content (AvgIpc) is 3.13. The number of anilines is 1. The standard InChI is InChI=1S/C24H24N4O4/c1-16(29)25-20-7-6-19-14-28-21(15-32-23(19)12-20)13-22(26-28)17-2-4-18(5-3-17)24(30)27-8-10-31-11-9-27/h2-7,12-13H,8-11,14-15H2,1H3,(H,25,29). The molecule has 0 radical (unpaired) electrons. The van der Waals surface area contributed by atoms with E-state index < -0.39 is 0 Å². The monoisotopic (exact) mass is 432 g/mol. The number of aromatic nitrogens is 2. The van der Waals surface area contributed by atoms with Gasteiger partial charge in [-0.1, -0.05) is 18.2 Å². The Bertz CT molecular complexity index is 1160. The van der Waals surface area contributed by atoms with Crippen LogP contribution in [0.1, 0.15) is 28.5 Å². The van der Waals surface area contributed by atoms with Crippen molar-refractivity contribution in [1.29, 1.82) is 0 Å². The van der Waals surface area contributed by atoms with Crippen molar-refractivity contribution in [2.45, 2.75) is 20.1 Å². The number of rotatable bonds is 3. The predicted molar refractivity (Wildman–Crippen MR) is 119 cm³/mol. The topological polar surface area (TPSA) is 85.7 Å². The molecule has 2 amide bonds. The van der Waals surface area contributed by atoms with Gasteiger partial charge in [0.1, 0.15) is 12.4 Å². The Morgan fingerprint density at radius 1 is 1.03 bits per heavy atom. The molecule has 0 spiro atoms. The lowest BCUT2D eigenvalue weighted by Gasteiger charge is -2.26. The highest BCUT2D eigenvalue weighted by Crippen LogP contribution is 2.30. The average molecular weight is 432 g/mol. The van der Waals surface area contributed by atoms with Crippen molar-refractivity contribution in [2.75, 3.05) is 31.6 Å². The molecule has 0 aliphatic carbocycles. The maximum atomic E-state index is 12.7. The van der Waals surface area contributed by atoms with Crippen molar-refractivity contribution in [1.82, 2.24) is 14.7 Å². The number of morpholine rings is 1. The van der Waals surface area contributed by atoms with Crippen molar-refractivity contribution in [3.8, 4) is 17.0 Å². The largest absolute Gasteiger partial charge is 0.487 e. The van der Waals surface area contributed by atoms with Gasteiger partial charge in [0.25, 0.3) is 5.91 Å². The summed E-state index contributed by atoms with van der Waals surface area (Å²) in [5, 5.41) is 7.55. The first kappa shape index (κ1) is 20.3. The Morgan fingerprint density at radius 2 is 1.81 bits per heavy atom. The van der Waals surface area contributed by atoms with Gasteiger partial charge in [0.15, 0.2) is 0 Å². The lowest BCUT2D eigenvalue weighted by Crippen LogP contribution is -2.40. The van der Waals surface area contributed by atoms with Crippen molar-refractivity contribution < 1.29 is 19.1 Å². The van der Waals surface area contributed by atoms with E-state index >= 15 is 0 Å². The molecule has 2 aliphatic heterocycles. The molecular weight excluding hydrogens is 408 g/mol. The molecule has 0 atom stereocenters. The number of fused-ring (bicyclic) bond motifs is 2. The molecule has 32 heavy (non-hydrogen) atoms. The van der Waals surface area contributed by atoms with E-state index in [1.165, 1.54) is 6.92 Å². The molecule has 2 aliphatic rings. The molecule has 1 aromatic heterocycles. The third kappa shape index (κ3) is 4.09. The summed E-state index contributed by atoms with van der Waals surface area (Å²) in [5.74, 6) is 0.659. The highest BCUT2D eigenvalue weighted by atomic mass is 16.5. The Hall–Kier alpha value is -3.65. The van der Waals surface area contributed by atoms with Crippen LogP contribution >= 0.6 is 0 Å². The minimum absolute atomic E-state index is 0.0316. The van der Waals surface area contributed by atoms with E-state index in [2.05, 4.69) is 5.32 Å². The minimum Gasteiger partial charge on any atom is -0.487 e.